The summed E-state index contributed by atoms with van der Waals surface area (Å²) in [6.45, 7) is 10.8. The monoisotopic (exact) mass is 481 g/mol. The topological polar surface area (TPSA) is 38.3 Å². The summed E-state index contributed by atoms with van der Waals surface area (Å²) in [4.78, 5) is 13.1. The molecule has 0 aromatic heterocycles. The van der Waals surface area contributed by atoms with E-state index in [0.29, 0.717) is 12.0 Å². The van der Waals surface area contributed by atoms with Crippen molar-refractivity contribution in [1.82, 2.24) is 5.32 Å². The van der Waals surface area contributed by atoms with E-state index < -0.39 is 14.8 Å². The van der Waals surface area contributed by atoms with Gasteiger partial charge < -0.3 is 9.74 Å². The molecular formula is C21H28INO2Si. The van der Waals surface area contributed by atoms with Crippen LogP contribution in [0.25, 0.3) is 0 Å². The Bertz CT molecular complexity index is 743. The summed E-state index contributed by atoms with van der Waals surface area (Å²) in [5, 5.41) is 3.25. The average Bonchev–Trinajstić information content (AvgIpc) is 2.53. The van der Waals surface area contributed by atoms with Gasteiger partial charge in [-0.25, -0.2) is 0 Å². The highest BCUT2D eigenvalue weighted by atomic mass is 127. The van der Waals surface area contributed by atoms with E-state index in [1.807, 2.05) is 54.6 Å². The molecule has 0 saturated carbocycles. The molecule has 0 fully saturated rings. The lowest BCUT2D eigenvalue weighted by molar-refractivity contribution is -0.00719. The largest absolute Gasteiger partial charge is 0.395 e. The Hall–Kier alpha value is -1.18. The molecule has 1 N–H and O–H groups in total. The van der Waals surface area contributed by atoms with Gasteiger partial charge in [0.25, 0.3) is 5.91 Å². The number of amides is 1. The third-order valence-corrected chi connectivity index (χ3v) is 5.40. The molecule has 0 heterocycles. The fraction of sp³-hybridized carbons (Fsp3) is 0.381. The van der Waals surface area contributed by atoms with Gasteiger partial charge in [-0.05, 0) is 59.3 Å². The second kappa shape index (κ2) is 8.67. The van der Waals surface area contributed by atoms with Crippen LogP contribution in [0.3, 0.4) is 0 Å². The molecule has 0 aliphatic carbocycles. The summed E-state index contributed by atoms with van der Waals surface area (Å²) in [7, 11) is -1.43. The molecule has 2 rings (SSSR count). The van der Waals surface area contributed by atoms with Gasteiger partial charge in [0, 0.05) is 21.1 Å². The third-order valence-electron chi connectivity index (χ3n) is 3.86. The van der Waals surface area contributed by atoms with Crippen LogP contribution in [0, 0.1) is 8.99 Å². The molecule has 1 amide bonds. The molecule has 1 atom stereocenters. The van der Waals surface area contributed by atoms with Crippen LogP contribution < -0.4 is 5.32 Å². The predicted molar refractivity (Wildman–Crippen MR) is 119 cm³/mol. The van der Waals surface area contributed by atoms with Crippen LogP contribution in [-0.2, 0) is 10.2 Å². The molecule has 5 heteroatoms. The smallest absolute Gasteiger partial charge is 0.253 e. The zero-order valence-electron chi connectivity index (χ0n) is 16.2. The maximum absolute atomic E-state index is 13.1. The standard InChI is InChI=1S/C21H28INO2Si/c1-20(2,3)15-21(25-26(4)5,17-11-7-6-8-12-17)23-19(24)16-10-9-13-18(22)14-16/h6-14,26H,15H2,1-5H3,(H,23,24)/t21-/m1/s1. The zero-order chi connectivity index (χ0) is 19.4. The summed E-state index contributed by atoms with van der Waals surface area (Å²) in [6.07, 6.45) is 0.699. The van der Waals surface area contributed by atoms with Crippen molar-refractivity contribution in [3.8, 4) is 0 Å². The first-order valence-electron chi connectivity index (χ1n) is 8.93. The minimum atomic E-state index is -1.43. The Balaban J connectivity index is 2.48. The fourth-order valence-electron chi connectivity index (χ4n) is 3.10. The molecule has 0 radical (unpaired) electrons. The van der Waals surface area contributed by atoms with Crippen LogP contribution in [0.5, 0.6) is 0 Å². The van der Waals surface area contributed by atoms with Crippen LogP contribution in [-0.4, -0.2) is 14.9 Å². The lowest BCUT2D eigenvalue weighted by Gasteiger charge is -2.41. The summed E-state index contributed by atoms with van der Waals surface area (Å²) < 4.78 is 7.57. The Morgan fingerprint density at radius 2 is 1.73 bits per heavy atom. The summed E-state index contributed by atoms with van der Waals surface area (Å²) in [5.41, 5.74) is 0.811. The first-order chi connectivity index (χ1) is 12.1. The molecule has 0 aliphatic heterocycles. The van der Waals surface area contributed by atoms with Gasteiger partial charge >= 0.3 is 0 Å². The van der Waals surface area contributed by atoms with Gasteiger partial charge in [-0.1, -0.05) is 57.2 Å². The normalized spacial score (nSPS) is 14.1. The Morgan fingerprint density at radius 1 is 1.08 bits per heavy atom. The molecule has 3 nitrogen and oxygen atoms in total. The Kier molecular flexibility index (Phi) is 7.04. The van der Waals surface area contributed by atoms with E-state index in [4.69, 9.17) is 4.43 Å². The highest BCUT2D eigenvalue weighted by Gasteiger charge is 2.39. The van der Waals surface area contributed by atoms with Gasteiger partial charge in [0.05, 0.1) is 0 Å². The first-order valence-corrected chi connectivity index (χ1v) is 12.8. The van der Waals surface area contributed by atoms with Crippen LogP contribution >= 0.6 is 22.6 Å². The van der Waals surface area contributed by atoms with Gasteiger partial charge in [-0.15, -0.1) is 0 Å². The number of rotatable bonds is 6. The Labute approximate surface area is 172 Å². The van der Waals surface area contributed by atoms with Gasteiger partial charge in [-0.3, -0.25) is 4.79 Å². The number of hydrogen-bond acceptors (Lipinski definition) is 2. The van der Waals surface area contributed by atoms with E-state index >= 15 is 0 Å². The van der Waals surface area contributed by atoms with Crippen molar-refractivity contribution >= 4 is 37.5 Å². The van der Waals surface area contributed by atoms with Crippen molar-refractivity contribution < 1.29 is 9.22 Å². The van der Waals surface area contributed by atoms with Crippen molar-refractivity contribution in [3.63, 3.8) is 0 Å². The first kappa shape index (κ1) is 21.1. The van der Waals surface area contributed by atoms with Gasteiger partial charge in [-0.2, -0.15) is 0 Å². The molecule has 0 unspecified atom stereocenters. The summed E-state index contributed by atoms with van der Waals surface area (Å²) in [6, 6.07) is 17.7. The molecule has 0 aliphatic rings. The van der Waals surface area contributed by atoms with E-state index in [2.05, 4.69) is 61.8 Å². The number of carbonyl (C=O) groups is 1. The molecular weight excluding hydrogens is 453 g/mol. The number of nitrogens with one attached hydrogen (secondary N) is 1. The molecule has 0 spiro atoms. The highest BCUT2D eigenvalue weighted by molar-refractivity contribution is 14.1. The molecule has 0 saturated heterocycles. The molecule has 26 heavy (non-hydrogen) atoms. The second-order valence-electron chi connectivity index (χ2n) is 8.06. The summed E-state index contributed by atoms with van der Waals surface area (Å²) in [5.74, 6) is -0.105. The maximum Gasteiger partial charge on any atom is 0.253 e. The number of benzene rings is 2. The quantitative estimate of drug-likeness (QED) is 0.345. The van der Waals surface area contributed by atoms with Crippen molar-refractivity contribution in [2.75, 3.05) is 0 Å². The Morgan fingerprint density at radius 3 is 2.27 bits per heavy atom. The molecule has 0 bridgehead atoms. The van der Waals surface area contributed by atoms with Crippen molar-refractivity contribution in [1.29, 1.82) is 0 Å². The second-order valence-corrected chi connectivity index (χ2v) is 11.6. The zero-order valence-corrected chi connectivity index (χ0v) is 19.5. The van der Waals surface area contributed by atoms with Crippen molar-refractivity contribution in [3.05, 3.63) is 69.3 Å². The van der Waals surface area contributed by atoms with Crippen LogP contribution in [0.1, 0.15) is 43.1 Å². The van der Waals surface area contributed by atoms with Gasteiger partial charge in [0.1, 0.15) is 0 Å². The van der Waals surface area contributed by atoms with Gasteiger partial charge in [0.15, 0.2) is 14.8 Å². The van der Waals surface area contributed by atoms with E-state index in [0.717, 1.165) is 9.13 Å². The summed E-state index contributed by atoms with van der Waals surface area (Å²) >= 11 is 2.23. The van der Waals surface area contributed by atoms with Crippen molar-refractivity contribution in [2.24, 2.45) is 5.41 Å². The minimum absolute atomic E-state index is 0.0163. The third kappa shape index (κ3) is 5.92. The maximum atomic E-state index is 13.1. The fourth-order valence-corrected chi connectivity index (χ4v) is 4.73. The highest BCUT2D eigenvalue weighted by Crippen LogP contribution is 2.37. The van der Waals surface area contributed by atoms with E-state index in [9.17, 15) is 4.79 Å². The van der Waals surface area contributed by atoms with E-state index in [-0.39, 0.29) is 11.3 Å². The van der Waals surface area contributed by atoms with Crippen molar-refractivity contribution in [2.45, 2.75) is 46.0 Å². The number of hydrogen-bond donors (Lipinski definition) is 1. The van der Waals surface area contributed by atoms with E-state index in [1.54, 1.807) is 0 Å². The lowest BCUT2D eigenvalue weighted by atomic mass is 9.82. The number of halogens is 1. The predicted octanol–water partition coefficient (Wildman–Crippen LogP) is 5.31. The van der Waals surface area contributed by atoms with E-state index in [1.165, 1.54) is 0 Å². The minimum Gasteiger partial charge on any atom is -0.395 e. The average molecular weight is 481 g/mol. The molecule has 140 valence electrons. The molecule has 2 aromatic rings. The SMILES string of the molecule is C[SiH](C)O[C@@](CC(C)(C)C)(NC(=O)c1cccc(I)c1)c1ccccc1. The van der Waals surface area contributed by atoms with Crippen LogP contribution in [0.4, 0.5) is 0 Å². The number of carbonyl (C=O) groups excluding carboxylic acids is 1. The van der Waals surface area contributed by atoms with Crippen LogP contribution in [0.2, 0.25) is 13.1 Å². The van der Waals surface area contributed by atoms with Crippen LogP contribution in [0.15, 0.2) is 54.6 Å². The van der Waals surface area contributed by atoms with Gasteiger partial charge in [0.2, 0.25) is 0 Å². The lowest BCUT2D eigenvalue weighted by Crippen LogP contribution is -2.52. The molecule has 2 aromatic carbocycles.